The Kier molecular flexibility index (Phi) is 4.47. The molecule has 4 nitrogen and oxygen atoms in total. The number of benzene rings is 2. The van der Waals surface area contributed by atoms with Crippen molar-refractivity contribution in [3.63, 3.8) is 0 Å². The van der Waals surface area contributed by atoms with Gasteiger partial charge in [-0.25, -0.2) is 0 Å². The van der Waals surface area contributed by atoms with E-state index in [0.29, 0.717) is 5.56 Å². The molecule has 0 radical (unpaired) electrons. The number of pyridine rings is 1. The van der Waals surface area contributed by atoms with Gasteiger partial charge >= 0.3 is 0 Å². The summed E-state index contributed by atoms with van der Waals surface area (Å²) in [5, 5.41) is 4.28. The summed E-state index contributed by atoms with van der Waals surface area (Å²) in [5.74, 6) is -0.104. The minimum Gasteiger partial charge on any atom is -0.358 e. The van der Waals surface area contributed by atoms with Crippen molar-refractivity contribution in [2.45, 2.75) is 19.9 Å². The summed E-state index contributed by atoms with van der Waals surface area (Å²) in [7, 11) is 0. The predicted octanol–water partition coefficient (Wildman–Crippen LogP) is 4.70. The summed E-state index contributed by atoms with van der Waals surface area (Å²) in [5.41, 5.74) is 5.82. The highest BCUT2D eigenvalue weighted by Gasteiger charge is 2.20. The van der Waals surface area contributed by atoms with Gasteiger partial charge in [0.1, 0.15) is 0 Å². The van der Waals surface area contributed by atoms with Gasteiger partial charge in [-0.2, -0.15) is 0 Å². The van der Waals surface area contributed by atoms with Crippen LogP contribution in [0, 0.1) is 13.8 Å². The van der Waals surface area contributed by atoms with Gasteiger partial charge in [-0.1, -0.05) is 42.5 Å². The zero-order chi connectivity index (χ0) is 18.8. The standard InChI is InChI=1S/C23H21N3O/c1-15-16(2)25-22-19(15)9-6-10-20(22)23(27)26-21(17-7-4-3-5-8-17)18-11-13-24-14-12-18/h3-14,21,25H,1-2H3,(H,26,27)/t21-/m1/s1. The Balaban J connectivity index is 1.74. The van der Waals surface area contributed by atoms with Gasteiger partial charge in [0.2, 0.25) is 0 Å². The topological polar surface area (TPSA) is 57.8 Å². The number of aromatic nitrogens is 2. The Morgan fingerprint density at radius 3 is 2.37 bits per heavy atom. The number of aryl methyl sites for hydroxylation is 2. The maximum atomic E-state index is 13.2. The molecule has 0 unspecified atom stereocenters. The minimum absolute atomic E-state index is 0.104. The van der Waals surface area contributed by atoms with E-state index in [0.717, 1.165) is 27.7 Å². The van der Waals surface area contributed by atoms with Crippen LogP contribution in [0.25, 0.3) is 10.9 Å². The highest BCUT2D eigenvalue weighted by molar-refractivity contribution is 6.07. The Labute approximate surface area is 158 Å². The van der Waals surface area contributed by atoms with Gasteiger partial charge < -0.3 is 10.3 Å². The number of carbonyl (C=O) groups excluding carboxylic acids is 1. The maximum Gasteiger partial charge on any atom is 0.254 e. The highest BCUT2D eigenvalue weighted by atomic mass is 16.1. The molecule has 27 heavy (non-hydrogen) atoms. The number of hydrogen-bond donors (Lipinski definition) is 2. The van der Waals surface area contributed by atoms with Gasteiger partial charge in [0.25, 0.3) is 5.91 Å². The Hall–Kier alpha value is -3.40. The van der Waals surface area contributed by atoms with Gasteiger partial charge in [-0.05, 0) is 48.7 Å². The fraction of sp³-hybridized carbons (Fsp3) is 0.130. The lowest BCUT2D eigenvalue weighted by Crippen LogP contribution is -2.29. The van der Waals surface area contributed by atoms with E-state index in [-0.39, 0.29) is 11.9 Å². The number of H-pyrrole nitrogens is 1. The van der Waals surface area contributed by atoms with E-state index >= 15 is 0 Å². The Morgan fingerprint density at radius 2 is 1.63 bits per heavy atom. The largest absolute Gasteiger partial charge is 0.358 e. The lowest BCUT2D eigenvalue weighted by molar-refractivity contribution is 0.0944. The van der Waals surface area contributed by atoms with Crippen LogP contribution in [-0.4, -0.2) is 15.9 Å². The van der Waals surface area contributed by atoms with Crippen LogP contribution in [0.2, 0.25) is 0 Å². The van der Waals surface area contributed by atoms with Crippen LogP contribution in [0.1, 0.15) is 38.8 Å². The Bertz CT molecular complexity index is 1050. The molecule has 2 heterocycles. The molecule has 4 rings (SSSR count). The van der Waals surface area contributed by atoms with E-state index < -0.39 is 0 Å². The van der Waals surface area contributed by atoms with E-state index in [2.05, 4.69) is 22.2 Å². The number of fused-ring (bicyclic) bond motifs is 1. The van der Waals surface area contributed by atoms with Crippen molar-refractivity contribution >= 4 is 16.8 Å². The summed E-state index contributed by atoms with van der Waals surface area (Å²) >= 11 is 0. The average molecular weight is 355 g/mol. The predicted molar refractivity (Wildman–Crippen MR) is 108 cm³/mol. The maximum absolute atomic E-state index is 13.2. The molecule has 2 N–H and O–H groups in total. The number of para-hydroxylation sites is 1. The summed E-state index contributed by atoms with van der Waals surface area (Å²) < 4.78 is 0. The van der Waals surface area contributed by atoms with E-state index in [1.807, 2.05) is 67.6 Å². The molecule has 4 aromatic rings. The van der Waals surface area contributed by atoms with Gasteiger partial charge in [0, 0.05) is 23.5 Å². The molecule has 0 spiro atoms. The van der Waals surface area contributed by atoms with E-state index in [4.69, 9.17) is 0 Å². The first-order valence-corrected chi connectivity index (χ1v) is 8.99. The van der Waals surface area contributed by atoms with Crippen LogP contribution in [0.5, 0.6) is 0 Å². The number of carbonyl (C=O) groups is 1. The minimum atomic E-state index is -0.242. The third kappa shape index (κ3) is 3.22. The third-order valence-electron chi connectivity index (χ3n) is 5.04. The molecule has 4 heteroatoms. The van der Waals surface area contributed by atoms with E-state index in [9.17, 15) is 4.79 Å². The van der Waals surface area contributed by atoms with Crippen molar-refractivity contribution in [2.75, 3.05) is 0 Å². The molecular weight excluding hydrogens is 334 g/mol. The zero-order valence-corrected chi connectivity index (χ0v) is 15.4. The van der Waals surface area contributed by atoms with Crippen molar-refractivity contribution in [3.8, 4) is 0 Å². The van der Waals surface area contributed by atoms with Crippen molar-refractivity contribution in [1.29, 1.82) is 0 Å². The van der Waals surface area contributed by atoms with Gasteiger partial charge in [-0.15, -0.1) is 0 Å². The summed E-state index contributed by atoms with van der Waals surface area (Å²) in [4.78, 5) is 20.6. The fourth-order valence-electron chi connectivity index (χ4n) is 3.44. The first-order valence-electron chi connectivity index (χ1n) is 8.99. The van der Waals surface area contributed by atoms with Gasteiger partial charge in [0.05, 0.1) is 17.1 Å². The van der Waals surface area contributed by atoms with Crippen LogP contribution in [0.4, 0.5) is 0 Å². The number of nitrogens with one attached hydrogen (secondary N) is 2. The number of aromatic amines is 1. The number of rotatable bonds is 4. The molecular formula is C23H21N3O. The van der Waals surface area contributed by atoms with Crippen molar-refractivity contribution in [2.24, 2.45) is 0 Å². The average Bonchev–Trinajstić information content (AvgIpc) is 3.01. The smallest absolute Gasteiger partial charge is 0.254 e. The molecule has 1 amide bonds. The monoisotopic (exact) mass is 355 g/mol. The molecule has 0 aliphatic carbocycles. The molecule has 0 aliphatic heterocycles. The molecule has 134 valence electrons. The van der Waals surface area contributed by atoms with Crippen LogP contribution < -0.4 is 5.32 Å². The van der Waals surface area contributed by atoms with Crippen molar-refractivity contribution < 1.29 is 4.79 Å². The third-order valence-corrected chi connectivity index (χ3v) is 5.04. The van der Waals surface area contributed by atoms with Crippen molar-refractivity contribution in [3.05, 3.63) is 101 Å². The van der Waals surface area contributed by atoms with E-state index in [1.165, 1.54) is 5.56 Å². The molecule has 0 fully saturated rings. The molecule has 0 saturated heterocycles. The number of hydrogen-bond acceptors (Lipinski definition) is 2. The second kappa shape index (κ2) is 7.08. The zero-order valence-electron chi connectivity index (χ0n) is 15.4. The molecule has 0 bridgehead atoms. The SMILES string of the molecule is Cc1[nH]c2c(C(=O)N[C@H](c3ccccc3)c3ccncc3)cccc2c1C. The van der Waals surface area contributed by atoms with Gasteiger partial charge in [0.15, 0.2) is 0 Å². The molecule has 2 aromatic heterocycles. The van der Waals surface area contributed by atoms with Crippen LogP contribution in [0.3, 0.4) is 0 Å². The van der Waals surface area contributed by atoms with Crippen molar-refractivity contribution in [1.82, 2.24) is 15.3 Å². The Morgan fingerprint density at radius 1 is 0.926 bits per heavy atom. The van der Waals surface area contributed by atoms with Gasteiger partial charge in [-0.3, -0.25) is 9.78 Å². The second-order valence-electron chi connectivity index (χ2n) is 6.70. The fourth-order valence-corrected chi connectivity index (χ4v) is 3.44. The number of nitrogens with zero attached hydrogens (tertiary/aromatic N) is 1. The molecule has 1 atom stereocenters. The lowest BCUT2D eigenvalue weighted by atomic mass is 9.99. The first-order chi connectivity index (χ1) is 13.1. The molecule has 0 saturated carbocycles. The second-order valence-corrected chi connectivity index (χ2v) is 6.70. The van der Waals surface area contributed by atoms with Crippen LogP contribution in [0.15, 0.2) is 73.1 Å². The highest BCUT2D eigenvalue weighted by Crippen LogP contribution is 2.26. The summed E-state index contributed by atoms with van der Waals surface area (Å²) in [6, 6.07) is 19.4. The molecule has 2 aromatic carbocycles. The summed E-state index contributed by atoms with van der Waals surface area (Å²) in [6.45, 7) is 4.10. The number of amides is 1. The normalized spacial score (nSPS) is 12.1. The van der Waals surface area contributed by atoms with Crippen LogP contribution >= 0.6 is 0 Å². The quantitative estimate of drug-likeness (QED) is 0.557. The summed E-state index contributed by atoms with van der Waals surface area (Å²) in [6.07, 6.45) is 3.49. The first kappa shape index (κ1) is 17.0. The van der Waals surface area contributed by atoms with Crippen LogP contribution in [-0.2, 0) is 0 Å². The molecule has 0 aliphatic rings. The lowest BCUT2D eigenvalue weighted by Gasteiger charge is -2.20. The van der Waals surface area contributed by atoms with E-state index in [1.54, 1.807) is 12.4 Å².